The van der Waals surface area contributed by atoms with Crippen LogP contribution in [0.4, 0.5) is 11.4 Å². The van der Waals surface area contributed by atoms with Crippen LogP contribution in [0, 0.1) is 6.92 Å². The Morgan fingerprint density at radius 2 is 1.49 bits per heavy atom. The summed E-state index contributed by atoms with van der Waals surface area (Å²) in [5.41, 5.74) is 8.68. The first-order valence-corrected chi connectivity index (χ1v) is 16.8. The number of carbonyl (C=O) groups is 3. The third-order valence-corrected chi connectivity index (χ3v) is 9.80. The fourth-order valence-electron chi connectivity index (χ4n) is 6.48. The van der Waals surface area contributed by atoms with E-state index in [0.717, 1.165) is 81.3 Å². The number of nitrogen functional groups attached to an aromatic ring is 1. The van der Waals surface area contributed by atoms with E-state index in [1.165, 1.54) is 4.90 Å². The van der Waals surface area contributed by atoms with Gasteiger partial charge in [-0.15, -0.1) is 0 Å². The maximum atomic E-state index is 14.7. The third-order valence-electron chi connectivity index (χ3n) is 8.95. The molecule has 0 radical (unpaired) electrons. The smallest absolute Gasteiger partial charge is 0.273 e. The molecule has 2 saturated carbocycles. The van der Waals surface area contributed by atoms with Gasteiger partial charge in [0.25, 0.3) is 11.8 Å². The molecule has 2 heterocycles. The molecule has 3 aromatic rings. The number of ether oxygens (including phenoxy) is 2. The highest BCUT2D eigenvalue weighted by atomic mass is 32.1. The highest BCUT2D eigenvalue weighted by Gasteiger charge is 2.38. The van der Waals surface area contributed by atoms with Crippen LogP contribution in [0.25, 0.3) is 0 Å². The minimum Gasteiger partial charge on any atom is -0.486 e. The van der Waals surface area contributed by atoms with Crippen molar-refractivity contribution < 1.29 is 23.9 Å². The number of fused-ring (bicyclic) bond motifs is 1. The second-order valence-corrected chi connectivity index (χ2v) is 13.0. The molecule has 3 aliphatic rings. The number of hydrogen-bond acceptors (Lipinski definition) is 8. The number of aryl methyl sites for hydroxylation is 1. The quantitative estimate of drug-likeness (QED) is 0.290. The molecule has 238 valence electrons. The summed E-state index contributed by atoms with van der Waals surface area (Å²) in [6.45, 7) is 2.77. The normalized spacial score (nSPS) is 17.7. The molecular weight excluding hydrogens is 590 g/mol. The van der Waals surface area contributed by atoms with Crippen LogP contribution in [-0.4, -0.2) is 47.4 Å². The number of nitrogens with one attached hydrogen (secondary N) is 2. The van der Waals surface area contributed by atoms with Gasteiger partial charge in [0.15, 0.2) is 17.2 Å². The summed E-state index contributed by atoms with van der Waals surface area (Å²) < 4.78 is 15.9. The van der Waals surface area contributed by atoms with Crippen LogP contribution >= 0.6 is 11.5 Å². The van der Waals surface area contributed by atoms with Gasteiger partial charge in [0.2, 0.25) is 5.91 Å². The largest absolute Gasteiger partial charge is 0.486 e. The molecule has 2 aromatic carbocycles. The molecule has 1 atom stereocenters. The van der Waals surface area contributed by atoms with Gasteiger partial charge in [-0.3, -0.25) is 19.3 Å². The summed E-state index contributed by atoms with van der Waals surface area (Å²) in [6, 6.07) is 11.9. The highest BCUT2D eigenvalue weighted by molar-refractivity contribution is 7.09. The summed E-state index contributed by atoms with van der Waals surface area (Å²) in [5, 5.41) is 6.28. The van der Waals surface area contributed by atoms with Crippen molar-refractivity contribution in [1.82, 2.24) is 15.0 Å². The van der Waals surface area contributed by atoms with Crippen molar-refractivity contribution in [2.45, 2.75) is 89.3 Å². The number of nitrogens with zero attached hydrogens (tertiary/aromatic N) is 2. The van der Waals surface area contributed by atoms with Gasteiger partial charge in [-0.05, 0) is 61.8 Å². The number of nitrogens with two attached hydrogens (primary N) is 1. The maximum Gasteiger partial charge on any atom is 0.273 e. The lowest BCUT2D eigenvalue weighted by Gasteiger charge is -2.34. The molecule has 2 aliphatic carbocycles. The average molecular weight is 632 g/mol. The Labute approximate surface area is 267 Å². The van der Waals surface area contributed by atoms with E-state index in [1.807, 2.05) is 31.2 Å². The third kappa shape index (κ3) is 6.93. The summed E-state index contributed by atoms with van der Waals surface area (Å²) in [6.07, 6.45) is 10.2. The van der Waals surface area contributed by atoms with Gasteiger partial charge in [-0.2, -0.15) is 4.37 Å². The Kier molecular flexibility index (Phi) is 9.53. The Bertz CT molecular complexity index is 1530. The lowest BCUT2D eigenvalue weighted by atomic mass is 9.94. The van der Waals surface area contributed by atoms with Crippen molar-refractivity contribution in [3.05, 3.63) is 64.2 Å². The molecule has 0 spiro atoms. The van der Waals surface area contributed by atoms with Crippen LogP contribution < -0.4 is 30.7 Å². The van der Waals surface area contributed by atoms with E-state index >= 15 is 0 Å². The number of hydrogen-bond donors (Lipinski definition) is 3. The Morgan fingerprint density at radius 3 is 2.16 bits per heavy atom. The van der Waals surface area contributed by atoms with Crippen LogP contribution in [0.5, 0.6) is 11.5 Å². The molecule has 0 saturated heterocycles. The van der Waals surface area contributed by atoms with Crippen LogP contribution in [0.2, 0.25) is 0 Å². The SMILES string of the molecule is Cc1ccc(C(C(=O)NC2CCCCC2)N(C(=O)c2snc(C(=O)NC3CCCCC3)c2N)c2ccc3c(c2)OCCO3)cc1. The van der Waals surface area contributed by atoms with Gasteiger partial charge in [0.1, 0.15) is 24.1 Å². The van der Waals surface area contributed by atoms with Crippen molar-refractivity contribution in [3.63, 3.8) is 0 Å². The molecule has 10 nitrogen and oxygen atoms in total. The van der Waals surface area contributed by atoms with Crippen molar-refractivity contribution in [3.8, 4) is 11.5 Å². The van der Waals surface area contributed by atoms with E-state index in [2.05, 4.69) is 15.0 Å². The lowest BCUT2D eigenvalue weighted by molar-refractivity contribution is -0.123. The lowest BCUT2D eigenvalue weighted by Crippen LogP contribution is -2.47. The number of aromatic nitrogens is 1. The van der Waals surface area contributed by atoms with Crippen molar-refractivity contribution in [2.24, 2.45) is 0 Å². The number of amides is 3. The zero-order chi connectivity index (χ0) is 31.3. The molecule has 1 unspecified atom stereocenters. The van der Waals surface area contributed by atoms with Gasteiger partial charge in [0, 0.05) is 23.8 Å². The second kappa shape index (κ2) is 13.9. The molecule has 1 aromatic heterocycles. The topological polar surface area (TPSA) is 136 Å². The van der Waals surface area contributed by atoms with Gasteiger partial charge >= 0.3 is 0 Å². The number of rotatable bonds is 8. The first kappa shape index (κ1) is 30.9. The molecule has 2 fully saturated rings. The average Bonchev–Trinajstić information content (AvgIpc) is 3.45. The van der Waals surface area contributed by atoms with Crippen molar-refractivity contribution in [1.29, 1.82) is 0 Å². The second-order valence-electron chi connectivity index (χ2n) is 12.2. The minimum atomic E-state index is -1.02. The number of benzene rings is 2. The highest BCUT2D eigenvalue weighted by Crippen LogP contribution is 2.39. The van der Waals surface area contributed by atoms with Gasteiger partial charge < -0.3 is 25.8 Å². The standard InChI is InChI=1S/C34H41N5O5S/c1-21-12-14-22(15-13-21)30(33(41)37-24-10-6-3-7-11-24)39(25-16-17-26-27(20-25)44-19-18-43-26)34(42)31-28(35)29(38-45-31)32(40)36-23-8-4-2-5-9-23/h12-17,20,23-24,30H,2-11,18-19,35H2,1H3,(H,36,40)(H,37,41). The fourth-order valence-corrected chi connectivity index (χ4v) is 7.22. The monoisotopic (exact) mass is 631 g/mol. The first-order chi connectivity index (χ1) is 21.9. The van der Waals surface area contributed by atoms with E-state index < -0.39 is 11.9 Å². The van der Waals surface area contributed by atoms with Crippen LogP contribution in [0.3, 0.4) is 0 Å². The Hall–Kier alpha value is -4.12. The summed E-state index contributed by atoms with van der Waals surface area (Å²) in [7, 11) is 0. The van der Waals surface area contributed by atoms with E-state index in [4.69, 9.17) is 15.2 Å². The van der Waals surface area contributed by atoms with Gasteiger partial charge in [0.05, 0.1) is 5.69 Å². The zero-order valence-corrected chi connectivity index (χ0v) is 26.5. The Morgan fingerprint density at radius 1 is 0.867 bits per heavy atom. The van der Waals surface area contributed by atoms with Crippen LogP contribution in [-0.2, 0) is 4.79 Å². The van der Waals surface area contributed by atoms with Gasteiger partial charge in [-0.25, -0.2) is 0 Å². The van der Waals surface area contributed by atoms with E-state index in [-0.39, 0.29) is 40.2 Å². The van der Waals surface area contributed by atoms with Crippen molar-refractivity contribution in [2.75, 3.05) is 23.8 Å². The number of anilines is 2. The van der Waals surface area contributed by atoms with E-state index in [9.17, 15) is 14.4 Å². The molecular formula is C34H41N5O5S. The first-order valence-electron chi connectivity index (χ1n) is 16.0. The van der Waals surface area contributed by atoms with E-state index in [1.54, 1.807) is 18.2 Å². The minimum absolute atomic E-state index is 0.0104. The summed E-state index contributed by atoms with van der Waals surface area (Å²) >= 11 is 0.874. The van der Waals surface area contributed by atoms with E-state index in [0.29, 0.717) is 36.0 Å². The predicted octanol–water partition coefficient (Wildman–Crippen LogP) is 5.70. The van der Waals surface area contributed by atoms with Crippen LogP contribution in [0.1, 0.15) is 102 Å². The summed E-state index contributed by atoms with van der Waals surface area (Å²) in [4.78, 5) is 43.7. The fraction of sp³-hybridized carbons (Fsp3) is 0.471. The molecule has 45 heavy (non-hydrogen) atoms. The molecule has 1 aliphatic heterocycles. The molecule has 4 N–H and O–H groups in total. The van der Waals surface area contributed by atoms with Gasteiger partial charge in [-0.1, -0.05) is 68.4 Å². The number of carbonyl (C=O) groups excluding carboxylic acids is 3. The zero-order valence-electron chi connectivity index (χ0n) is 25.7. The predicted molar refractivity (Wildman–Crippen MR) is 174 cm³/mol. The van der Waals surface area contributed by atoms with Crippen molar-refractivity contribution >= 4 is 40.6 Å². The molecule has 3 amide bonds. The molecule has 11 heteroatoms. The maximum absolute atomic E-state index is 14.7. The Balaban J connectivity index is 1.40. The molecule has 6 rings (SSSR count). The van der Waals surface area contributed by atoms with Crippen LogP contribution in [0.15, 0.2) is 42.5 Å². The summed E-state index contributed by atoms with van der Waals surface area (Å²) in [5.74, 6) is -0.146. The molecule has 0 bridgehead atoms.